The van der Waals surface area contributed by atoms with Gasteiger partial charge in [0, 0.05) is 42.8 Å². The molecule has 0 amide bonds. The van der Waals surface area contributed by atoms with Gasteiger partial charge in [-0.05, 0) is 47.8 Å². The summed E-state index contributed by atoms with van der Waals surface area (Å²) in [6.45, 7) is 5.73. The standard InChI is InChI=1S/C15H24BrNS3/c1-3-5-17-13(9-12-8-11(16)10-20-12)15-14(4-2)18-6-7-19-15/h8,10,13-15,17H,3-7,9H2,1-2H3. The van der Waals surface area contributed by atoms with Crippen LogP contribution >= 0.6 is 50.8 Å². The Hall–Kier alpha value is 0.840. The Kier molecular flexibility index (Phi) is 7.81. The molecule has 1 fully saturated rings. The molecule has 2 heterocycles. The van der Waals surface area contributed by atoms with Gasteiger partial charge in [-0.2, -0.15) is 23.5 Å². The first-order valence-electron chi connectivity index (χ1n) is 7.44. The van der Waals surface area contributed by atoms with Crippen LogP contribution in [0.4, 0.5) is 0 Å². The predicted octanol–water partition coefficient (Wildman–Crippen LogP) is 5.05. The van der Waals surface area contributed by atoms with Gasteiger partial charge in [0.15, 0.2) is 0 Å². The monoisotopic (exact) mass is 393 g/mol. The number of thioether (sulfide) groups is 2. The lowest BCUT2D eigenvalue weighted by Crippen LogP contribution is -2.46. The van der Waals surface area contributed by atoms with E-state index in [4.69, 9.17) is 0 Å². The fourth-order valence-electron chi connectivity index (χ4n) is 2.62. The second-order valence-corrected chi connectivity index (χ2v) is 9.69. The van der Waals surface area contributed by atoms with E-state index in [1.54, 1.807) is 0 Å². The minimum atomic E-state index is 0.614. The molecule has 3 atom stereocenters. The van der Waals surface area contributed by atoms with Crippen LogP contribution in [0, 0.1) is 0 Å². The van der Waals surface area contributed by atoms with Gasteiger partial charge >= 0.3 is 0 Å². The van der Waals surface area contributed by atoms with Gasteiger partial charge in [0.2, 0.25) is 0 Å². The van der Waals surface area contributed by atoms with Crippen molar-refractivity contribution in [3.8, 4) is 0 Å². The maximum atomic E-state index is 3.82. The first-order valence-corrected chi connectivity index (χ1v) is 11.2. The number of halogens is 1. The maximum Gasteiger partial charge on any atom is 0.0323 e. The first kappa shape index (κ1) is 17.2. The summed E-state index contributed by atoms with van der Waals surface area (Å²) in [5.41, 5.74) is 0. The largest absolute Gasteiger partial charge is 0.312 e. The summed E-state index contributed by atoms with van der Waals surface area (Å²) in [5, 5.41) is 7.59. The van der Waals surface area contributed by atoms with Crippen LogP contribution in [0.3, 0.4) is 0 Å². The second kappa shape index (κ2) is 9.09. The van der Waals surface area contributed by atoms with Gasteiger partial charge in [-0.3, -0.25) is 0 Å². The van der Waals surface area contributed by atoms with Crippen molar-refractivity contribution in [1.29, 1.82) is 0 Å². The third-order valence-electron chi connectivity index (χ3n) is 3.59. The Balaban J connectivity index is 2.04. The lowest BCUT2D eigenvalue weighted by atomic mass is 10.0. The molecule has 5 heteroatoms. The molecule has 0 spiro atoms. The van der Waals surface area contributed by atoms with E-state index in [2.05, 4.69) is 70.1 Å². The number of rotatable bonds is 7. The smallest absolute Gasteiger partial charge is 0.0323 e. The summed E-state index contributed by atoms with van der Waals surface area (Å²) >= 11 is 9.83. The van der Waals surface area contributed by atoms with E-state index in [0.29, 0.717) is 6.04 Å². The molecule has 0 saturated carbocycles. The summed E-state index contributed by atoms with van der Waals surface area (Å²) < 4.78 is 1.23. The zero-order valence-corrected chi connectivity index (χ0v) is 16.3. The highest BCUT2D eigenvalue weighted by Crippen LogP contribution is 2.36. The Morgan fingerprint density at radius 1 is 1.35 bits per heavy atom. The molecule has 1 saturated heterocycles. The highest BCUT2D eigenvalue weighted by molar-refractivity contribution is 9.10. The Bertz CT molecular complexity index is 396. The van der Waals surface area contributed by atoms with Gasteiger partial charge in [0.05, 0.1) is 0 Å². The van der Waals surface area contributed by atoms with E-state index in [0.717, 1.165) is 17.0 Å². The summed E-state index contributed by atoms with van der Waals surface area (Å²) in [7, 11) is 0. The molecule has 0 bridgehead atoms. The molecule has 1 aliphatic rings. The van der Waals surface area contributed by atoms with Crippen molar-refractivity contribution in [1.82, 2.24) is 5.32 Å². The van der Waals surface area contributed by atoms with Crippen LogP contribution in [-0.4, -0.2) is 34.6 Å². The van der Waals surface area contributed by atoms with Crippen LogP contribution in [0.15, 0.2) is 15.9 Å². The van der Waals surface area contributed by atoms with Crippen LogP contribution in [0.2, 0.25) is 0 Å². The molecule has 1 aromatic rings. The third kappa shape index (κ3) is 4.94. The zero-order chi connectivity index (χ0) is 14.4. The Labute approximate surface area is 144 Å². The third-order valence-corrected chi connectivity index (χ3v) is 8.72. The van der Waals surface area contributed by atoms with Gasteiger partial charge in [-0.25, -0.2) is 0 Å². The molecule has 114 valence electrons. The first-order chi connectivity index (χ1) is 9.74. The minimum Gasteiger partial charge on any atom is -0.312 e. The molecule has 0 aromatic carbocycles. The summed E-state index contributed by atoms with van der Waals surface area (Å²) in [6, 6.07) is 2.90. The van der Waals surface area contributed by atoms with E-state index < -0.39 is 0 Å². The fourth-order valence-corrected chi connectivity index (χ4v) is 7.40. The van der Waals surface area contributed by atoms with Crippen LogP contribution in [0.5, 0.6) is 0 Å². The van der Waals surface area contributed by atoms with Crippen molar-refractivity contribution < 1.29 is 0 Å². The van der Waals surface area contributed by atoms with E-state index >= 15 is 0 Å². The lowest BCUT2D eigenvalue weighted by molar-refractivity contribution is 0.479. The predicted molar refractivity (Wildman–Crippen MR) is 101 cm³/mol. The number of hydrogen-bond acceptors (Lipinski definition) is 4. The highest BCUT2D eigenvalue weighted by atomic mass is 79.9. The van der Waals surface area contributed by atoms with E-state index in [1.807, 2.05) is 11.3 Å². The van der Waals surface area contributed by atoms with E-state index in [9.17, 15) is 0 Å². The minimum absolute atomic E-state index is 0.614. The van der Waals surface area contributed by atoms with Gasteiger partial charge < -0.3 is 5.32 Å². The molecule has 0 aliphatic carbocycles. The second-order valence-electron chi connectivity index (χ2n) is 5.15. The fraction of sp³-hybridized carbons (Fsp3) is 0.733. The molecule has 1 aromatic heterocycles. The van der Waals surface area contributed by atoms with Gasteiger partial charge in [0.1, 0.15) is 0 Å². The van der Waals surface area contributed by atoms with Crippen molar-refractivity contribution in [2.24, 2.45) is 0 Å². The number of thiophene rings is 1. The summed E-state index contributed by atoms with van der Waals surface area (Å²) in [5.74, 6) is 2.63. The Morgan fingerprint density at radius 3 is 2.80 bits per heavy atom. The molecule has 20 heavy (non-hydrogen) atoms. The summed E-state index contributed by atoms with van der Waals surface area (Å²) in [4.78, 5) is 1.50. The van der Waals surface area contributed by atoms with Crippen LogP contribution in [0.25, 0.3) is 0 Å². The van der Waals surface area contributed by atoms with Gasteiger partial charge in [0.25, 0.3) is 0 Å². The normalized spacial score (nSPS) is 24.8. The van der Waals surface area contributed by atoms with E-state index in [1.165, 1.54) is 40.1 Å². The topological polar surface area (TPSA) is 12.0 Å². The molecule has 1 aliphatic heterocycles. The van der Waals surface area contributed by atoms with E-state index in [-0.39, 0.29) is 0 Å². The average molecular weight is 394 g/mol. The van der Waals surface area contributed by atoms with Gasteiger partial charge in [-0.1, -0.05) is 13.8 Å². The molecule has 2 rings (SSSR count). The molecule has 1 nitrogen and oxygen atoms in total. The van der Waals surface area contributed by atoms with Crippen molar-refractivity contribution >= 4 is 50.8 Å². The molecular formula is C15H24BrNS3. The van der Waals surface area contributed by atoms with Crippen molar-refractivity contribution in [3.05, 3.63) is 20.8 Å². The summed E-state index contributed by atoms with van der Waals surface area (Å²) in [6.07, 6.45) is 3.68. The maximum absolute atomic E-state index is 3.82. The van der Waals surface area contributed by atoms with Gasteiger partial charge in [-0.15, -0.1) is 11.3 Å². The highest BCUT2D eigenvalue weighted by Gasteiger charge is 2.31. The van der Waals surface area contributed by atoms with Crippen LogP contribution in [0.1, 0.15) is 31.6 Å². The lowest BCUT2D eigenvalue weighted by Gasteiger charge is -2.36. The average Bonchev–Trinajstić information content (AvgIpc) is 2.88. The molecule has 1 N–H and O–H groups in total. The number of nitrogens with one attached hydrogen (secondary N) is 1. The van der Waals surface area contributed by atoms with Crippen molar-refractivity contribution in [2.75, 3.05) is 18.1 Å². The Morgan fingerprint density at radius 2 is 2.15 bits per heavy atom. The number of hydrogen-bond donors (Lipinski definition) is 1. The molecular weight excluding hydrogens is 370 g/mol. The SMILES string of the molecule is CCCNC(Cc1cc(Br)cs1)C1SCCSC1CC. The zero-order valence-electron chi connectivity index (χ0n) is 12.2. The molecule has 3 unspecified atom stereocenters. The van der Waals surface area contributed by atoms with Crippen molar-refractivity contribution in [3.63, 3.8) is 0 Å². The van der Waals surface area contributed by atoms with Crippen molar-refractivity contribution in [2.45, 2.75) is 49.7 Å². The quantitative estimate of drug-likeness (QED) is 0.695. The molecule has 0 radical (unpaired) electrons. The van der Waals surface area contributed by atoms with Crippen LogP contribution in [-0.2, 0) is 6.42 Å². The van der Waals surface area contributed by atoms with Crippen LogP contribution < -0.4 is 5.32 Å².